The molecular formula is C19H15ClN4O3. The van der Waals surface area contributed by atoms with E-state index in [1.807, 2.05) is 18.2 Å². The molecular weight excluding hydrogens is 368 g/mol. The summed E-state index contributed by atoms with van der Waals surface area (Å²) in [5.41, 5.74) is 2.44. The Morgan fingerprint density at radius 3 is 2.85 bits per heavy atom. The fourth-order valence-electron chi connectivity index (χ4n) is 3.11. The van der Waals surface area contributed by atoms with E-state index in [1.54, 1.807) is 29.8 Å². The van der Waals surface area contributed by atoms with Gasteiger partial charge in [-0.3, -0.25) is 4.79 Å². The summed E-state index contributed by atoms with van der Waals surface area (Å²) in [4.78, 5) is 29.2. The van der Waals surface area contributed by atoms with Crippen LogP contribution in [0.25, 0.3) is 16.6 Å². The average Bonchev–Trinajstić information content (AvgIpc) is 2.99. The van der Waals surface area contributed by atoms with Crippen molar-refractivity contribution in [3.63, 3.8) is 0 Å². The first-order chi connectivity index (χ1) is 13.0. The maximum atomic E-state index is 12.9. The minimum Gasteiger partial charge on any atom is -0.465 e. The zero-order valence-electron chi connectivity index (χ0n) is 14.6. The van der Waals surface area contributed by atoms with Crippen molar-refractivity contribution in [1.29, 1.82) is 0 Å². The molecule has 0 bridgehead atoms. The second-order valence-electron chi connectivity index (χ2n) is 6.12. The molecule has 0 amide bonds. The van der Waals surface area contributed by atoms with Crippen LogP contribution in [-0.4, -0.2) is 32.2 Å². The van der Waals surface area contributed by atoms with E-state index >= 15 is 0 Å². The summed E-state index contributed by atoms with van der Waals surface area (Å²) in [6.45, 7) is 2.09. The van der Waals surface area contributed by atoms with Gasteiger partial charge in [0.1, 0.15) is 5.56 Å². The molecule has 4 rings (SSSR count). The molecule has 27 heavy (non-hydrogen) atoms. The molecule has 8 heteroatoms. The fourth-order valence-corrected chi connectivity index (χ4v) is 3.33. The summed E-state index contributed by atoms with van der Waals surface area (Å²) in [5, 5.41) is 5.39. The Balaban J connectivity index is 1.88. The third kappa shape index (κ3) is 2.86. The largest absolute Gasteiger partial charge is 0.465 e. The first-order valence-corrected chi connectivity index (χ1v) is 8.57. The zero-order chi connectivity index (χ0) is 19.1. The van der Waals surface area contributed by atoms with Crippen LogP contribution in [0, 0.1) is 6.92 Å². The molecule has 0 atom stereocenters. The zero-order valence-corrected chi connectivity index (χ0v) is 15.4. The normalized spacial score (nSPS) is 11.2. The Morgan fingerprint density at radius 2 is 2.11 bits per heavy atom. The molecule has 0 N–H and O–H groups in total. The van der Waals surface area contributed by atoms with Crippen molar-refractivity contribution >= 4 is 34.1 Å². The number of carbonyl (C=O) groups excluding carboxylic acids is 1. The van der Waals surface area contributed by atoms with Crippen LogP contribution in [0.1, 0.15) is 21.6 Å². The van der Waals surface area contributed by atoms with Gasteiger partial charge in [0.2, 0.25) is 0 Å². The van der Waals surface area contributed by atoms with E-state index in [0.717, 1.165) is 5.56 Å². The average molecular weight is 383 g/mol. The van der Waals surface area contributed by atoms with Crippen LogP contribution in [0.4, 0.5) is 0 Å². The van der Waals surface area contributed by atoms with Crippen molar-refractivity contribution in [1.82, 2.24) is 19.2 Å². The number of hydrogen-bond donors (Lipinski definition) is 0. The first-order valence-electron chi connectivity index (χ1n) is 8.20. The topological polar surface area (TPSA) is 78.5 Å². The number of ether oxygens (including phenoxy) is 1. The van der Waals surface area contributed by atoms with Gasteiger partial charge in [0.25, 0.3) is 5.56 Å². The highest BCUT2D eigenvalue weighted by Crippen LogP contribution is 2.19. The van der Waals surface area contributed by atoms with E-state index in [1.165, 1.54) is 17.8 Å². The Morgan fingerprint density at radius 1 is 1.30 bits per heavy atom. The molecule has 0 saturated carbocycles. The Bertz CT molecular complexity index is 1260. The van der Waals surface area contributed by atoms with Gasteiger partial charge < -0.3 is 9.30 Å². The number of pyridine rings is 1. The van der Waals surface area contributed by atoms with Gasteiger partial charge in [0, 0.05) is 17.4 Å². The highest BCUT2D eigenvalue weighted by Gasteiger charge is 2.20. The van der Waals surface area contributed by atoms with Gasteiger partial charge in [-0.15, -0.1) is 0 Å². The molecule has 7 nitrogen and oxygen atoms in total. The predicted octanol–water partition coefficient (Wildman–Crippen LogP) is 2.84. The van der Waals surface area contributed by atoms with Crippen LogP contribution in [-0.2, 0) is 11.3 Å². The lowest BCUT2D eigenvalue weighted by molar-refractivity contribution is 0.0602. The van der Waals surface area contributed by atoms with Crippen molar-refractivity contribution in [3.05, 3.63) is 74.9 Å². The molecule has 3 aromatic heterocycles. The van der Waals surface area contributed by atoms with Crippen molar-refractivity contribution in [2.45, 2.75) is 13.5 Å². The molecule has 0 aliphatic rings. The van der Waals surface area contributed by atoms with Gasteiger partial charge >= 0.3 is 5.97 Å². The maximum absolute atomic E-state index is 12.9. The summed E-state index contributed by atoms with van der Waals surface area (Å²) in [6, 6.07) is 9.13. The second kappa shape index (κ2) is 6.51. The van der Waals surface area contributed by atoms with Crippen LogP contribution in [0.15, 0.2) is 47.5 Å². The number of benzene rings is 1. The van der Waals surface area contributed by atoms with Gasteiger partial charge in [0.05, 0.1) is 30.3 Å². The standard InChI is InChI=1S/C19H15ClN4O3/c1-11-16(19(26)27-2)17-21-9-14-15(24(17)22-11)6-7-23(18(14)25)10-12-4-3-5-13(20)8-12/h3-9H,10H2,1-2H3. The number of methoxy groups -OCH3 is 1. The number of esters is 1. The first kappa shape index (κ1) is 17.2. The quantitative estimate of drug-likeness (QED) is 0.509. The van der Waals surface area contributed by atoms with E-state index in [-0.39, 0.29) is 5.56 Å². The molecule has 136 valence electrons. The van der Waals surface area contributed by atoms with Gasteiger partial charge in [-0.05, 0) is 30.7 Å². The lowest BCUT2D eigenvalue weighted by Crippen LogP contribution is -2.21. The number of aromatic nitrogens is 4. The van der Waals surface area contributed by atoms with E-state index in [2.05, 4.69) is 10.1 Å². The molecule has 0 fully saturated rings. The lowest BCUT2D eigenvalue weighted by atomic mass is 10.2. The molecule has 0 saturated heterocycles. The van der Waals surface area contributed by atoms with Crippen LogP contribution >= 0.6 is 11.6 Å². The highest BCUT2D eigenvalue weighted by atomic mass is 35.5. The number of aryl methyl sites for hydroxylation is 1. The van der Waals surface area contributed by atoms with Crippen molar-refractivity contribution in [3.8, 4) is 0 Å². The van der Waals surface area contributed by atoms with Crippen LogP contribution in [0.5, 0.6) is 0 Å². The van der Waals surface area contributed by atoms with E-state index < -0.39 is 5.97 Å². The van der Waals surface area contributed by atoms with E-state index in [0.29, 0.717) is 39.4 Å². The number of fused-ring (bicyclic) bond motifs is 3. The van der Waals surface area contributed by atoms with E-state index in [4.69, 9.17) is 16.3 Å². The summed E-state index contributed by atoms with van der Waals surface area (Å²) in [6.07, 6.45) is 3.16. The molecule has 0 radical (unpaired) electrons. The minimum absolute atomic E-state index is 0.199. The Hall–Kier alpha value is -3.19. The van der Waals surface area contributed by atoms with Crippen molar-refractivity contribution in [2.75, 3.05) is 7.11 Å². The number of halogens is 1. The third-order valence-electron chi connectivity index (χ3n) is 4.39. The number of hydrogen-bond acceptors (Lipinski definition) is 5. The maximum Gasteiger partial charge on any atom is 0.343 e. The molecule has 0 spiro atoms. The smallest absolute Gasteiger partial charge is 0.343 e. The minimum atomic E-state index is -0.511. The van der Waals surface area contributed by atoms with Gasteiger partial charge in [-0.2, -0.15) is 5.10 Å². The molecule has 3 heterocycles. The number of nitrogens with zero attached hydrogens (tertiary/aromatic N) is 4. The summed E-state index contributed by atoms with van der Waals surface area (Å²) in [5.74, 6) is -0.511. The van der Waals surface area contributed by atoms with Crippen LogP contribution in [0.2, 0.25) is 5.02 Å². The van der Waals surface area contributed by atoms with Gasteiger partial charge in [-0.25, -0.2) is 14.3 Å². The highest BCUT2D eigenvalue weighted by molar-refractivity contribution is 6.30. The van der Waals surface area contributed by atoms with Crippen LogP contribution < -0.4 is 5.56 Å². The van der Waals surface area contributed by atoms with Gasteiger partial charge in [-0.1, -0.05) is 23.7 Å². The molecule has 0 aliphatic carbocycles. The second-order valence-corrected chi connectivity index (χ2v) is 6.56. The Labute approximate surface area is 158 Å². The van der Waals surface area contributed by atoms with Gasteiger partial charge in [0.15, 0.2) is 5.65 Å². The molecule has 4 aromatic rings. The summed E-state index contributed by atoms with van der Waals surface area (Å²) < 4.78 is 7.89. The van der Waals surface area contributed by atoms with Crippen LogP contribution in [0.3, 0.4) is 0 Å². The Kier molecular flexibility index (Phi) is 4.16. The summed E-state index contributed by atoms with van der Waals surface area (Å²) >= 11 is 6.02. The SMILES string of the molecule is COC(=O)c1c(C)nn2c1ncc1c(=O)n(Cc3cccc(Cl)c3)ccc12. The predicted molar refractivity (Wildman–Crippen MR) is 101 cm³/mol. The van der Waals surface area contributed by atoms with Crippen molar-refractivity contribution < 1.29 is 9.53 Å². The monoisotopic (exact) mass is 382 g/mol. The van der Waals surface area contributed by atoms with Crippen molar-refractivity contribution in [2.24, 2.45) is 0 Å². The number of rotatable bonds is 3. The molecule has 1 aromatic carbocycles. The molecule has 0 unspecified atom stereocenters. The summed E-state index contributed by atoms with van der Waals surface area (Å²) in [7, 11) is 1.31. The fraction of sp³-hybridized carbons (Fsp3) is 0.158. The van der Waals surface area contributed by atoms with E-state index in [9.17, 15) is 9.59 Å². The lowest BCUT2D eigenvalue weighted by Gasteiger charge is -2.08. The third-order valence-corrected chi connectivity index (χ3v) is 4.63. The number of carbonyl (C=O) groups is 1. The molecule has 0 aliphatic heterocycles.